The summed E-state index contributed by atoms with van der Waals surface area (Å²) in [6.45, 7) is 0.263. The van der Waals surface area contributed by atoms with Crippen molar-refractivity contribution in [1.82, 2.24) is 0 Å². The Kier molecular flexibility index (Phi) is 3.56. The van der Waals surface area contributed by atoms with Gasteiger partial charge in [-0.05, 0) is 31.0 Å². The van der Waals surface area contributed by atoms with Gasteiger partial charge in [0.25, 0.3) is 0 Å². The fourth-order valence-electron chi connectivity index (χ4n) is 2.08. The van der Waals surface area contributed by atoms with Gasteiger partial charge in [-0.3, -0.25) is 0 Å². The standard InChI is InChI=1S/C13H14ClNO2/c14-11-7-10(8-15)3-4-12(11)17-9-13(16)5-1-2-6-13/h3-4,7,16H,1-2,5-6,9H2. The van der Waals surface area contributed by atoms with Crippen molar-refractivity contribution in [3.8, 4) is 11.8 Å². The molecule has 0 aromatic heterocycles. The maximum Gasteiger partial charge on any atom is 0.138 e. The largest absolute Gasteiger partial charge is 0.489 e. The first-order valence-electron chi connectivity index (χ1n) is 5.68. The second-order valence-corrected chi connectivity index (χ2v) is 4.88. The van der Waals surface area contributed by atoms with E-state index >= 15 is 0 Å². The van der Waals surface area contributed by atoms with E-state index in [0.717, 1.165) is 25.7 Å². The molecule has 1 aromatic carbocycles. The van der Waals surface area contributed by atoms with Crippen molar-refractivity contribution in [2.75, 3.05) is 6.61 Å². The molecule has 4 heteroatoms. The third-order valence-corrected chi connectivity index (χ3v) is 3.39. The summed E-state index contributed by atoms with van der Waals surface area (Å²) in [7, 11) is 0. The Morgan fingerprint density at radius 2 is 2.12 bits per heavy atom. The normalized spacial score (nSPS) is 17.7. The maximum atomic E-state index is 10.1. The van der Waals surface area contributed by atoms with Crippen LogP contribution in [0, 0.1) is 11.3 Å². The second kappa shape index (κ2) is 4.95. The molecule has 0 aliphatic heterocycles. The summed E-state index contributed by atoms with van der Waals surface area (Å²) in [5, 5.41) is 19.2. The number of hydrogen-bond acceptors (Lipinski definition) is 3. The van der Waals surface area contributed by atoms with Crippen LogP contribution in [0.2, 0.25) is 5.02 Å². The molecule has 1 aromatic rings. The van der Waals surface area contributed by atoms with Crippen LogP contribution in [0.4, 0.5) is 0 Å². The minimum Gasteiger partial charge on any atom is -0.489 e. The van der Waals surface area contributed by atoms with Crippen LogP contribution in [0.5, 0.6) is 5.75 Å². The van der Waals surface area contributed by atoms with Crippen molar-refractivity contribution < 1.29 is 9.84 Å². The number of ether oxygens (including phenoxy) is 1. The van der Waals surface area contributed by atoms with Crippen LogP contribution in [0.25, 0.3) is 0 Å². The highest BCUT2D eigenvalue weighted by Gasteiger charge is 2.32. The molecule has 0 atom stereocenters. The molecule has 2 rings (SSSR count). The van der Waals surface area contributed by atoms with Gasteiger partial charge in [0.2, 0.25) is 0 Å². The first-order chi connectivity index (χ1) is 8.13. The van der Waals surface area contributed by atoms with Gasteiger partial charge in [0, 0.05) is 0 Å². The quantitative estimate of drug-likeness (QED) is 0.899. The average Bonchev–Trinajstić information content (AvgIpc) is 2.75. The van der Waals surface area contributed by atoms with Crippen LogP contribution in [0.3, 0.4) is 0 Å². The second-order valence-electron chi connectivity index (χ2n) is 4.48. The van der Waals surface area contributed by atoms with E-state index in [-0.39, 0.29) is 6.61 Å². The topological polar surface area (TPSA) is 53.2 Å². The monoisotopic (exact) mass is 251 g/mol. The molecule has 90 valence electrons. The molecule has 1 N–H and O–H groups in total. The smallest absolute Gasteiger partial charge is 0.138 e. The number of halogens is 1. The number of benzene rings is 1. The van der Waals surface area contributed by atoms with Crippen LogP contribution in [0.1, 0.15) is 31.2 Å². The summed E-state index contributed by atoms with van der Waals surface area (Å²) < 4.78 is 5.53. The van der Waals surface area contributed by atoms with Gasteiger partial charge in [-0.1, -0.05) is 24.4 Å². The summed E-state index contributed by atoms with van der Waals surface area (Å²) in [5.41, 5.74) is -0.209. The molecule has 17 heavy (non-hydrogen) atoms. The molecule has 0 unspecified atom stereocenters. The molecule has 1 aliphatic rings. The van der Waals surface area contributed by atoms with Crippen molar-refractivity contribution in [3.63, 3.8) is 0 Å². The number of nitriles is 1. The van der Waals surface area contributed by atoms with E-state index in [4.69, 9.17) is 21.6 Å². The summed E-state index contributed by atoms with van der Waals surface area (Å²) in [5.74, 6) is 0.519. The van der Waals surface area contributed by atoms with Crippen molar-refractivity contribution in [2.45, 2.75) is 31.3 Å². The molecule has 3 nitrogen and oxygen atoms in total. The number of nitrogens with zero attached hydrogens (tertiary/aromatic N) is 1. The molecular weight excluding hydrogens is 238 g/mol. The van der Waals surface area contributed by atoms with Crippen LogP contribution in [-0.4, -0.2) is 17.3 Å². The van der Waals surface area contributed by atoms with Gasteiger partial charge in [-0.25, -0.2) is 0 Å². The van der Waals surface area contributed by atoms with Crippen molar-refractivity contribution in [3.05, 3.63) is 28.8 Å². The predicted molar refractivity (Wildman–Crippen MR) is 65.1 cm³/mol. The first-order valence-corrected chi connectivity index (χ1v) is 6.06. The zero-order chi connectivity index (χ0) is 12.3. The SMILES string of the molecule is N#Cc1ccc(OCC2(O)CCCC2)c(Cl)c1. The van der Waals surface area contributed by atoms with E-state index in [2.05, 4.69) is 0 Å². The third-order valence-electron chi connectivity index (χ3n) is 3.09. The molecule has 0 bridgehead atoms. The Bertz CT molecular complexity index is 447. The van der Waals surface area contributed by atoms with Gasteiger partial charge in [0.05, 0.1) is 22.3 Å². The van der Waals surface area contributed by atoms with Gasteiger partial charge >= 0.3 is 0 Å². The van der Waals surface area contributed by atoms with E-state index in [1.54, 1.807) is 18.2 Å². The fraction of sp³-hybridized carbons (Fsp3) is 0.462. The molecular formula is C13H14ClNO2. The lowest BCUT2D eigenvalue weighted by Gasteiger charge is -2.22. The van der Waals surface area contributed by atoms with E-state index < -0.39 is 5.60 Å². The maximum absolute atomic E-state index is 10.1. The van der Waals surface area contributed by atoms with E-state index in [0.29, 0.717) is 16.3 Å². The lowest BCUT2D eigenvalue weighted by molar-refractivity contribution is 0.00144. The molecule has 1 saturated carbocycles. The Morgan fingerprint density at radius 1 is 1.41 bits per heavy atom. The van der Waals surface area contributed by atoms with Crippen molar-refractivity contribution in [1.29, 1.82) is 5.26 Å². The molecule has 0 radical (unpaired) electrons. The first kappa shape index (κ1) is 12.2. The summed E-state index contributed by atoms with van der Waals surface area (Å²) in [6, 6.07) is 6.89. The molecule has 1 fully saturated rings. The van der Waals surface area contributed by atoms with Crippen molar-refractivity contribution >= 4 is 11.6 Å². The summed E-state index contributed by atoms with van der Waals surface area (Å²) >= 11 is 5.98. The van der Waals surface area contributed by atoms with Gasteiger partial charge < -0.3 is 9.84 Å². The van der Waals surface area contributed by atoms with Crippen LogP contribution in [-0.2, 0) is 0 Å². The minimum absolute atomic E-state index is 0.263. The van der Waals surface area contributed by atoms with Gasteiger partial charge in [0.15, 0.2) is 0 Å². The fourth-order valence-corrected chi connectivity index (χ4v) is 2.31. The molecule has 0 heterocycles. The van der Waals surface area contributed by atoms with E-state index in [1.807, 2.05) is 6.07 Å². The Morgan fingerprint density at radius 3 is 2.71 bits per heavy atom. The van der Waals surface area contributed by atoms with Crippen LogP contribution < -0.4 is 4.74 Å². The Balaban J connectivity index is 2.02. The Labute approximate surface area is 106 Å². The van der Waals surface area contributed by atoms with Crippen LogP contribution in [0.15, 0.2) is 18.2 Å². The van der Waals surface area contributed by atoms with Gasteiger partial charge in [-0.2, -0.15) is 5.26 Å². The summed E-state index contributed by atoms with van der Waals surface area (Å²) in [4.78, 5) is 0. The average molecular weight is 252 g/mol. The Hall–Kier alpha value is -1.24. The highest BCUT2D eigenvalue weighted by molar-refractivity contribution is 6.32. The lowest BCUT2D eigenvalue weighted by atomic mass is 10.0. The molecule has 0 spiro atoms. The molecule has 1 aliphatic carbocycles. The zero-order valence-electron chi connectivity index (χ0n) is 9.45. The van der Waals surface area contributed by atoms with E-state index in [9.17, 15) is 5.11 Å². The predicted octanol–water partition coefficient (Wildman–Crippen LogP) is 2.90. The van der Waals surface area contributed by atoms with Gasteiger partial charge in [-0.15, -0.1) is 0 Å². The lowest BCUT2D eigenvalue weighted by Crippen LogP contribution is -2.32. The third kappa shape index (κ3) is 2.91. The number of aliphatic hydroxyl groups is 1. The van der Waals surface area contributed by atoms with Gasteiger partial charge in [0.1, 0.15) is 12.4 Å². The minimum atomic E-state index is -0.711. The zero-order valence-corrected chi connectivity index (χ0v) is 10.2. The highest BCUT2D eigenvalue weighted by atomic mass is 35.5. The summed E-state index contributed by atoms with van der Waals surface area (Å²) in [6.07, 6.45) is 3.64. The highest BCUT2D eigenvalue weighted by Crippen LogP contribution is 2.32. The van der Waals surface area contributed by atoms with Crippen LogP contribution >= 0.6 is 11.6 Å². The number of hydrogen-bond donors (Lipinski definition) is 1. The number of rotatable bonds is 3. The van der Waals surface area contributed by atoms with Crippen molar-refractivity contribution in [2.24, 2.45) is 0 Å². The van der Waals surface area contributed by atoms with E-state index in [1.165, 1.54) is 0 Å². The molecule has 0 amide bonds. The molecule has 0 saturated heterocycles.